The number of rotatable bonds is 2. The van der Waals surface area contributed by atoms with Gasteiger partial charge >= 0.3 is 5.97 Å². The lowest BCUT2D eigenvalue weighted by Gasteiger charge is -2.10. The molecule has 0 spiro atoms. The SMILES string of the molecule is CC(=O)Nc1cccc2cc3c(C(=O)O)cccc3cc12. The number of fused-ring (bicyclic) bond motifs is 2. The lowest BCUT2D eigenvalue weighted by Crippen LogP contribution is -2.06. The number of anilines is 1. The highest BCUT2D eigenvalue weighted by molar-refractivity contribution is 6.11. The van der Waals surface area contributed by atoms with Crippen LogP contribution >= 0.6 is 0 Å². The van der Waals surface area contributed by atoms with Crippen molar-refractivity contribution in [1.82, 2.24) is 0 Å². The van der Waals surface area contributed by atoms with Gasteiger partial charge in [0, 0.05) is 18.0 Å². The monoisotopic (exact) mass is 279 g/mol. The van der Waals surface area contributed by atoms with E-state index in [1.165, 1.54) is 6.92 Å². The first kappa shape index (κ1) is 13.1. The average molecular weight is 279 g/mol. The predicted molar refractivity (Wildman–Crippen MR) is 82.7 cm³/mol. The van der Waals surface area contributed by atoms with Crippen LogP contribution in [0.4, 0.5) is 5.69 Å². The smallest absolute Gasteiger partial charge is 0.336 e. The number of amides is 1. The molecule has 0 radical (unpaired) electrons. The molecule has 3 aromatic rings. The minimum atomic E-state index is -0.946. The van der Waals surface area contributed by atoms with E-state index in [4.69, 9.17) is 0 Å². The zero-order valence-corrected chi connectivity index (χ0v) is 11.4. The van der Waals surface area contributed by atoms with Crippen LogP contribution in [0.25, 0.3) is 21.5 Å². The standard InChI is InChI=1S/C17H13NO3/c1-10(19)18-16-7-3-5-12-8-14-11(9-15(12)16)4-2-6-13(14)17(20)21/h2-9H,1H3,(H,18,19)(H,20,21). The summed E-state index contributed by atoms with van der Waals surface area (Å²) in [5.74, 6) is -1.08. The van der Waals surface area contributed by atoms with Crippen molar-refractivity contribution in [1.29, 1.82) is 0 Å². The second-order valence-electron chi connectivity index (χ2n) is 4.89. The number of carbonyl (C=O) groups is 2. The minimum Gasteiger partial charge on any atom is -0.478 e. The molecule has 2 N–H and O–H groups in total. The highest BCUT2D eigenvalue weighted by atomic mass is 16.4. The Morgan fingerprint density at radius 3 is 2.24 bits per heavy atom. The highest BCUT2D eigenvalue weighted by Crippen LogP contribution is 2.30. The van der Waals surface area contributed by atoms with E-state index in [0.29, 0.717) is 5.39 Å². The van der Waals surface area contributed by atoms with E-state index < -0.39 is 5.97 Å². The summed E-state index contributed by atoms with van der Waals surface area (Å²) in [6, 6.07) is 14.5. The maximum Gasteiger partial charge on any atom is 0.336 e. The Labute approximate surface area is 121 Å². The van der Waals surface area contributed by atoms with Crippen molar-refractivity contribution in [3.63, 3.8) is 0 Å². The molecule has 104 valence electrons. The first-order chi connectivity index (χ1) is 10.1. The van der Waals surface area contributed by atoms with Gasteiger partial charge in [0.05, 0.1) is 5.56 Å². The molecule has 4 nitrogen and oxygen atoms in total. The van der Waals surface area contributed by atoms with Crippen LogP contribution in [0, 0.1) is 0 Å². The molecule has 0 unspecified atom stereocenters. The van der Waals surface area contributed by atoms with Crippen molar-refractivity contribution in [2.24, 2.45) is 0 Å². The third-order valence-corrected chi connectivity index (χ3v) is 3.42. The number of hydrogen-bond acceptors (Lipinski definition) is 2. The van der Waals surface area contributed by atoms with E-state index in [1.54, 1.807) is 12.1 Å². The fraction of sp³-hybridized carbons (Fsp3) is 0.0588. The van der Waals surface area contributed by atoms with Crippen molar-refractivity contribution >= 4 is 39.1 Å². The molecule has 4 heteroatoms. The summed E-state index contributed by atoms with van der Waals surface area (Å²) in [6.07, 6.45) is 0. The number of aromatic carboxylic acids is 1. The van der Waals surface area contributed by atoms with Crippen molar-refractivity contribution in [2.45, 2.75) is 6.92 Å². The zero-order chi connectivity index (χ0) is 15.0. The van der Waals surface area contributed by atoms with Gasteiger partial charge in [-0.05, 0) is 40.4 Å². The highest BCUT2D eigenvalue weighted by Gasteiger charge is 2.10. The van der Waals surface area contributed by atoms with Crippen LogP contribution in [-0.4, -0.2) is 17.0 Å². The summed E-state index contributed by atoms with van der Waals surface area (Å²) in [5.41, 5.74) is 1.00. The summed E-state index contributed by atoms with van der Waals surface area (Å²) in [4.78, 5) is 22.6. The van der Waals surface area contributed by atoms with Crippen molar-refractivity contribution in [2.75, 3.05) is 5.32 Å². The fourth-order valence-corrected chi connectivity index (χ4v) is 2.54. The minimum absolute atomic E-state index is 0.137. The molecule has 0 bridgehead atoms. The molecule has 0 heterocycles. The largest absolute Gasteiger partial charge is 0.478 e. The Bertz CT molecular complexity index is 884. The fourth-order valence-electron chi connectivity index (χ4n) is 2.54. The van der Waals surface area contributed by atoms with Gasteiger partial charge in [0.2, 0.25) is 5.91 Å². The Morgan fingerprint density at radius 1 is 0.952 bits per heavy atom. The van der Waals surface area contributed by atoms with Crippen LogP contribution in [0.2, 0.25) is 0 Å². The van der Waals surface area contributed by atoms with E-state index in [9.17, 15) is 14.7 Å². The first-order valence-corrected chi connectivity index (χ1v) is 6.52. The van der Waals surface area contributed by atoms with Crippen LogP contribution in [0.3, 0.4) is 0 Å². The van der Waals surface area contributed by atoms with Gasteiger partial charge in [0.1, 0.15) is 0 Å². The molecule has 0 aromatic heterocycles. The van der Waals surface area contributed by atoms with E-state index in [2.05, 4.69) is 5.32 Å². The first-order valence-electron chi connectivity index (χ1n) is 6.52. The summed E-state index contributed by atoms with van der Waals surface area (Å²) >= 11 is 0. The van der Waals surface area contributed by atoms with Gasteiger partial charge in [-0.25, -0.2) is 4.79 Å². The maximum atomic E-state index is 11.3. The maximum absolute atomic E-state index is 11.3. The van der Waals surface area contributed by atoms with E-state index in [-0.39, 0.29) is 11.5 Å². The Kier molecular flexibility index (Phi) is 3.06. The number of carboxylic acids is 1. The molecule has 0 atom stereocenters. The number of carboxylic acid groups (broad SMARTS) is 1. The Balaban J connectivity index is 2.34. The lowest BCUT2D eigenvalue weighted by molar-refractivity contribution is -0.114. The van der Waals surface area contributed by atoms with Crippen molar-refractivity contribution in [3.8, 4) is 0 Å². The molecule has 0 aliphatic heterocycles. The normalized spacial score (nSPS) is 10.7. The van der Waals surface area contributed by atoms with Crippen molar-refractivity contribution < 1.29 is 14.7 Å². The number of hydrogen-bond donors (Lipinski definition) is 2. The number of carbonyl (C=O) groups excluding carboxylic acids is 1. The zero-order valence-electron chi connectivity index (χ0n) is 11.4. The van der Waals surface area contributed by atoms with Crippen LogP contribution in [0.5, 0.6) is 0 Å². The molecule has 21 heavy (non-hydrogen) atoms. The topological polar surface area (TPSA) is 66.4 Å². The molecule has 0 saturated carbocycles. The van der Waals surface area contributed by atoms with Gasteiger partial charge in [0.25, 0.3) is 0 Å². The molecule has 1 amide bonds. The molecule has 0 saturated heterocycles. The second-order valence-corrected chi connectivity index (χ2v) is 4.89. The molecular formula is C17H13NO3. The van der Waals surface area contributed by atoms with Crippen LogP contribution in [-0.2, 0) is 4.79 Å². The third-order valence-electron chi connectivity index (χ3n) is 3.42. The van der Waals surface area contributed by atoms with Gasteiger partial charge in [-0.15, -0.1) is 0 Å². The molecule has 0 aliphatic carbocycles. The number of nitrogens with one attached hydrogen (secondary N) is 1. The second kappa shape index (κ2) is 4.90. The van der Waals surface area contributed by atoms with E-state index in [1.807, 2.05) is 36.4 Å². The van der Waals surface area contributed by atoms with E-state index in [0.717, 1.165) is 21.8 Å². The average Bonchev–Trinajstić information content (AvgIpc) is 2.44. The molecule has 3 rings (SSSR count). The predicted octanol–water partition coefficient (Wildman–Crippen LogP) is 3.65. The van der Waals surface area contributed by atoms with Crippen LogP contribution < -0.4 is 5.32 Å². The summed E-state index contributed by atoms with van der Waals surface area (Å²) in [7, 11) is 0. The van der Waals surface area contributed by atoms with E-state index >= 15 is 0 Å². The summed E-state index contributed by atoms with van der Waals surface area (Å²) < 4.78 is 0. The van der Waals surface area contributed by atoms with Crippen molar-refractivity contribution in [3.05, 3.63) is 54.1 Å². The van der Waals surface area contributed by atoms with Gasteiger partial charge in [0.15, 0.2) is 0 Å². The summed E-state index contributed by atoms with van der Waals surface area (Å²) in [5, 5.41) is 15.4. The quantitative estimate of drug-likeness (QED) is 0.704. The van der Waals surface area contributed by atoms with Gasteiger partial charge in [-0.1, -0.05) is 24.3 Å². The molecule has 0 aliphatic rings. The molecule has 3 aromatic carbocycles. The van der Waals surface area contributed by atoms with Gasteiger partial charge in [-0.2, -0.15) is 0 Å². The molecular weight excluding hydrogens is 266 g/mol. The van der Waals surface area contributed by atoms with Gasteiger partial charge < -0.3 is 10.4 Å². The third kappa shape index (κ3) is 2.31. The number of benzene rings is 3. The summed E-state index contributed by atoms with van der Waals surface area (Å²) in [6.45, 7) is 1.46. The Morgan fingerprint density at radius 2 is 1.57 bits per heavy atom. The molecule has 0 fully saturated rings. The van der Waals surface area contributed by atoms with Crippen LogP contribution in [0.15, 0.2) is 48.5 Å². The lowest BCUT2D eigenvalue weighted by atomic mass is 9.99. The van der Waals surface area contributed by atoms with Crippen LogP contribution in [0.1, 0.15) is 17.3 Å². The Hall–Kier alpha value is -2.88. The van der Waals surface area contributed by atoms with Gasteiger partial charge in [-0.3, -0.25) is 4.79 Å².